The van der Waals surface area contributed by atoms with E-state index in [1.807, 2.05) is 20.8 Å². The second kappa shape index (κ2) is 8.63. The van der Waals surface area contributed by atoms with Crippen LogP contribution in [0, 0.1) is 5.92 Å². The molecule has 0 radical (unpaired) electrons. The van der Waals surface area contributed by atoms with Crippen LogP contribution in [0.4, 0.5) is 0 Å². The minimum atomic E-state index is -0.623. The highest BCUT2D eigenvalue weighted by Gasteiger charge is 2.30. The van der Waals surface area contributed by atoms with Gasteiger partial charge in [0.05, 0.1) is 5.54 Å². The third kappa shape index (κ3) is 6.23. The molecule has 1 saturated carbocycles. The van der Waals surface area contributed by atoms with Crippen LogP contribution < -0.4 is 11.1 Å². The van der Waals surface area contributed by atoms with Gasteiger partial charge in [0, 0.05) is 19.3 Å². The molecule has 1 unspecified atom stereocenters. The zero-order valence-corrected chi connectivity index (χ0v) is 13.4. The van der Waals surface area contributed by atoms with Crippen LogP contribution in [0.3, 0.4) is 0 Å². The van der Waals surface area contributed by atoms with E-state index in [1.54, 1.807) is 0 Å². The molecule has 0 spiro atoms. The van der Waals surface area contributed by atoms with Crippen molar-refractivity contribution in [3.05, 3.63) is 0 Å². The van der Waals surface area contributed by atoms with Crippen molar-refractivity contribution in [2.24, 2.45) is 11.7 Å². The molecule has 3 N–H and O–H groups in total. The Balaban J connectivity index is 2.18. The molecule has 1 aliphatic rings. The first-order chi connectivity index (χ1) is 9.44. The van der Waals surface area contributed by atoms with Crippen molar-refractivity contribution in [1.29, 1.82) is 0 Å². The summed E-state index contributed by atoms with van der Waals surface area (Å²) in [6, 6.07) is 0.246. The normalized spacial score (nSPS) is 20.0. The molecule has 1 aliphatic carbocycles. The van der Waals surface area contributed by atoms with Gasteiger partial charge >= 0.3 is 0 Å². The van der Waals surface area contributed by atoms with Crippen LogP contribution in [-0.2, 0) is 9.53 Å². The number of ether oxygens (including phenoxy) is 1. The molecular weight excluding hydrogens is 252 g/mol. The zero-order valence-electron chi connectivity index (χ0n) is 13.4. The lowest BCUT2D eigenvalue weighted by atomic mass is 9.90. The van der Waals surface area contributed by atoms with Crippen LogP contribution >= 0.6 is 0 Å². The minimum Gasteiger partial charge on any atom is -0.381 e. The summed E-state index contributed by atoms with van der Waals surface area (Å²) in [4.78, 5) is 11.6. The predicted molar refractivity (Wildman–Crippen MR) is 82.5 cm³/mol. The molecule has 0 aromatic carbocycles. The SMILES string of the molecule is CC(C)NC(C)(CCCOCC1CCCCC1)C(N)=O. The summed E-state index contributed by atoms with van der Waals surface area (Å²) in [5.74, 6) is 0.471. The van der Waals surface area contributed by atoms with Crippen molar-refractivity contribution < 1.29 is 9.53 Å². The standard InChI is InChI=1S/C16H32N2O2/c1-13(2)18-16(3,15(17)19)10-7-11-20-12-14-8-5-4-6-9-14/h13-14,18H,4-12H2,1-3H3,(H2,17,19). The Morgan fingerprint density at radius 3 is 2.55 bits per heavy atom. The van der Waals surface area contributed by atoms with Gasteiger partial charge in [-0.15, -0.1) is 0 Å². The molecule has 118 valence electrons. The fourth-order valence-electron chi connectivity index (χ4n) is 3.04. The van der Waals surface area contributed by atoms with Crippen LogP contribution in [0.5, 0.6) is 0 Å². The van der Waals surface area contributed by atoms with Crippen LogP contribution in [0.1, 0.15) is 65.7 Å². The highest BCUT2D eigenvalue weighted by atomic mass is 16.5. The Hall–Kier alpha value is -0.610. The molecule has 1 fully saturated rings. The summed E-state index contributed by atoms with van der Waals surface area (Å²) in [6.07, 6.45) is 8.31. The Morgan fingerprint density at radius 2 is 2.00 bits per heavy atom. The van der Waals surface area contributed by atoms with Crippen molar-refractivity contribution in [1.82, 2.24) is 5.32 Å². The number of hydrogen-bond acceptors (Lipinski definition) is 3. The van der Waals surface area contributed by atoms with Crippen molar-refractivity contribution in [2.45, 2.75) is 77.3 Å². The Labute approximate surface area is 123 Å². The van der Waals surface area contributed by atoms with E-state index in [1.165, 1.54) is 32.1 Å². The predicted octanol–water partition coefficient (Wildman–Crippen LogP) is 2.61. The third-order valence-electron chi connectivity index (χ3n) is 4.19. The molecule has 1 rings (SSSR count). The molecule has 4 heteroatoms. The van der Waals surface area contributed by atoms with E-state index in [0.29, 0.717) is 0 Å². The number of carbonyl (C=O) groups excluding carboxylic acids is 1. The number of nitrogens with one attached hydrogen (secondary N) is 1. The maximum atomic E-state index is 11.6. The van der Waals surface area contributed by atoms with Gasteiger partial charge in [0.2, 0.25) is 5.91 Å². The van der Waals surface area contributed by atoms with E-state index in [4.69, 9.17) is 10.5 Å². The van der Waals surface area contributed by atoms with Crippen LogP contribution in [0.15, 0.2) is 0 Å². The van der Waals surface area contributed by atoms with E-state index >= 15 is 0 Å². The first kappa shape index (κ1) is 17.4. The van der Waals surface area contributed by atoms with Gasteiger partial charge in [0.1, 0.15) is 0 Å². The molecule has 20 heavy (non-hydrogen) atoms. The van der Waals surface area contributed by atoms with Crippen molar-refractivity contribution >= 4 is 5.91 Å². The number of hydrogen-bond donors (Lipinski definition) is 2. The molecule has 4 nitrogen and oxygen atoms in total. The highest BCUT2D eigenvalue weighted by Crippen LogP contribution is 2.23. The van der Waals surface area contributed by atoms with E-state index in [9.17, 15) is 4.79 Å². The number of carbonyl (C=O) groups is 1. The first-order valence-corrected chi connectivity index (χ1v) is 8.09. The number of primary amides is 1. The smallest absolute Gasteiger partial charge is 0.237 e. The molecular formula is C16H32N2O2. The summed E-state index contributed by atoms with van der Waals surface area (Å²) >= 11 is 0. The second-order valence-corrected chi connectivity index (χ2v) is 6.68. The fourth-order valence-corrected chi connectivity index (χ4v) is 3.04. The van der Waals surface area contributed by atoms with Crippen LogP contribution in [-0.4, -0.2) is 30.7 Å². The maximum absolute atomic E-state index is 11.6. The summed E-state index contributed by atoms with van der Waals surface area (Å²) in [6.45, 7) is 7.54. The Kier molecular flexibility index (Phi) is 7.52. The second-order valence-electron chi connectivity index (χ2n) is 6.68. The first-order valence-electron chi connectivity index (χ1n) is 8.09. The molecule has 0 bridgehead atoms. The highest BCUT2D eigenvalue weighted by molar-refractivity contribution is 5.84. The number of nitrogens with two attached hydrogens (primary N) is 1. The average Bonchev–Trinajstić information content (AvgIpc) is 2.38. The zero-order chi connectivity index (χ0) is 15.0. The number of rotatable bonds is 9. The fraction of sp³-hybridized carbons (Fsp3) is 0.938. The lowest BCUT2D eigenvalue weighted by molar-refractivity contribution is -0.124. The van der Waals surface area contributed by atoms with Gasteiger partial charge in [-0.2, -0.15) is 0 Å². The van der Waals surface area contributed by atoms with Crippen molar-refractivity contribution in [3.8, 4) is 0 Å². The van der Waals surface area contributed by atoms with Gasteiger partial charge in [-0.05, 0) is 52.4 Å². The quantitative estimate of drug-likeness (QED) is 0.640. The maximum Gasteiger partial charge on any atom is 0.237 e. The molecule has 0 aromatic heterocycles. The van der Waals surface area contributed by atoms with E-state index in [-0.39, 0.29) is 11.9 Å². The van der Waals surface area contributed by atoms with Gasteiger partial charge in [0.25, 0.3) is 0 Å². The average molecular weight is 284 g/mol. The van der Waals surface area contributed by atoms with Gasteiger partial charge < -0.3 is 15.8 Å². The van der Waals surface area contributed by atoms with Crippen LogP contribution in [0.2, 0.25) is 0 Å². The monoisotopic (exact) mass is 284 g/mol. The lowest BCUT2D eigenvalue weighted by Gasteiger charge is -2.30. The molecule has 0 saturated heterocycles. The van der Waals surface area contributed by atoms with Crippen LogP contribution in [0.25, 0.3) is 0 Å². The third-order valence-corrected chi connectivity index (χ3v) is 4.19. The molecule has 0 aromatic rings. The summed E-state index contributed by atoms with van der Waals surface area (Å²) in [5.41, 5.74) is 4.89. The van der Waals surface area contributed by atoms with Gasteiger partial charge in [-0.3, -0.25) is 4.79 Å². The van der Waals surface area contributed by atoms with Crippen molar-refractivity contribution in [2.75, 3.05) is 13.2 Å². The van der Waals surface area contributed by atoms with E-state index in [0.717, 1.165) is 32.0 Å². The lowest BCUT2D eigenvalue weighted by Crippen LogP contribution is -2.55. The molecule has 0 aliphatic heterocycles. The Bertz CT molecular complexity index is 288. The topological polar surface area (TPSA) is 64.3 Å². The molecule has 1 amide bonds. The molecule has 0 heterocycles. The summed E-state index contributed by atoms with van der Waals surface area (Å²) in [7, 11) is 0. The summed E-state index contributed by atoms with van der Waals surface area (Å²) < 4.78 is 5.77. The largest absolute Gasteiger partial charge is 0.381 e. The minimum absolute atomic E-state index is 0.246. The van der Waals surface area contributed by atoms with Crippen molar-refractivity contribution in [3.63, 3.8) is 0 Å². The van der Waals surface area contributed by atoms with E-state index in [2.05, 4.69) is 5.32 Å². The van der Waals surface area contributed by atoms with Gasteiger partial charge in [0.15, 0.2) is 0 Å². The molecule has 1 atom stereocenters. The summed E-state index contributed by atoms with van der Waals surface area (Å²) in [5, 5.41) is 3.27. The van der Waals surface area contributed by atoms with Gasteiger partial charge in [-0.1, -0.05) is 19.3 Å². The number of amides is 1. The van der Waals surface area contributed by atoms with E-state index < -0.39 is 5.54 Å². The van der Waals surface area contributed by atoms with Gasteiger partial charge in [-0.25, -0.2) is 0 Å². The Morgan fingerprint density at radius 1 is 1.35 bits per heavy atom.